The van der Waals surface area contributed by atoms with Crippen molar-refractivity contribution in [2.24, 2.45) is 0 Å². The van der Waals surface area contributed by atoms with Crippen molar-refractivity contribution in [1.29, 1.82) is 0 Å². The summed E-state index contributed by atoms with van der Waals surface area (Å²) >= 11 is 1.14. The van der Waals surface area contributed by atoms with Gasteiger partial charge in [0.2, 0.25) is 11.7 Å². The van der Waals surface area contributed by atoms with Crippen LogP contribution in [-0.2, 0) is 10.0 Å². The first-order valence-corrected chi connectivity index (χ1v) is 11.6. The highest BCUT2D eigenvalue weighted by atomic mass is 32.2. The fourth-order valence-electron chi connectivity index (χ4n) is 2.77. The van der Waals surface area contributed by atoms with Gasteiger partial charge < -0.3 is 9.84 Å². The predicted octanol–water partition coefficient (Wildman–Crippen LogP) is 4.09. The fourth-order valence-corrected chi connectivity index (χ4v) is 4.82. The van der Waals surface area contributed by atoms with Crippen LogP contribution in [0.5, 0.6) is 0 Å². The first-order chi connectivity index (χ1) is 14.9. The largest absolute Gasteiger partial charge is 0.341 e. The van der Waals surface area contributed by atoms with Gasteiger partial charge in [0.1, 0.15) is 10.3 Å². The van der Waals surface area contributed by atoms with Crippen molar-refractivity contribution in [3.63, 3.8) is 0 Å². The van der Waals surface area contributed by atoms with Gasteiger partial charge in [0.05, 0.1) is 0 Å². The molecule has 0 aliphatic rings. The maximum Gasteiger partial charge on any atom is 0.271 e. The number of nitrogens with zero attached hydrogens (tertiary/aromatic N) is 2. The van der Waals surface area contributed by atoms with Gasteiger partial charge in [-0.15, -0.1) is 11.3 Å². The van der Waals surface area contributed by atoms with Crippen molar-refractivity contribution in [1.82, 2.24) is 15.5 Å². The van der Waals surface area contributed by atoms with Gasteiger partial charge in [-0.1, -0.05) is 29.4 Å². The Bertz CT molecular complexity index is 1270. The summed E-state index contributed by atoms with van der Waals surface area (Å²) in [6.45, 7) is 1.75. The number of aromatic nitrogens is 2. The van der Waals surface area contributed by atoms with E-state index in [-0.39, 0.29) is 16.0 Å². The number of sulfonamides is 1. The Morgan fingerprint density at radius 2 is 1.77 bits per heavy atom. The minimum atomic E-state index is -3.61. The van der Waals surface area contributed by atoms with E-state index in [0.29, 0.717) is 22.6 Å². The van der Waals surface area contributed by atoms with E-state index in [4.69, 9.17) is 4.52 Å². The summed E-state index contributed by atoms with van der Waals surface area (Å²) in [7, 11) is -3.61. The average Bonchev–Trinajstić information content (AvgIpc) is 3.47. The molecule has 1 atom stereocenters. The molecule has 158 valence electrons. The Labute approximate surface area is 183 Å². The molecule has 4 aromatic rings. The molecule has 2 aromatic heterocycles. The van der Waals surface area contributed by atoms with Crippen LogP contribution in [0.1, 0.15) is 29.2 Å². The number of benzene rings is 2. The molecule has 0 bridgehead atoms. The smallest absolute Gasteiger partial charge is 0.271 e. The zero-order chi connectivity index (χ0) is 21.8. The van der Waals surface area contributed by atoms with Crippen LogP contribution in [0.4, 0.5) is 5.69 Å². The number of thiophene rings is 1. The molecule has 0 fully saturated rings. The molecule has 0 radical (unpaired) electrons. The standard InChI is InChI=1S/C21H18N4O4S2/c1-14(22-20(26)16-6-3-2-4-7-16)21-23-19(24-29-21)15-9-11-17(12-10-15)25-31(27,28)18-8-5-13-30-18/h2-14,25H,1H3,(H,22,26)/t14-/m0/s1. The van der Waals surface area contributed by atoms with Crippen LogP contribution in [0.2, 0.25) is 0 Å². The third-order valence-electron chi connectivity index (χ3n) is 4.35. The van der Waals surface area contributed by atoms with Crippen LogP contribution < -0.4 is 10.0 Å². The summed E-state index contributed by atoms with van der Waals surface area (Å²) in [6, 6.07) is 18.2. The monoisotopic (exact) mass is 454 g/mol. The molecule has 0 spiro atoms. The molecule has 10 heteroatoms. The second-order valence-electron chi connectivity index (χ2n) is 6.63. The maximum absolute atomic E-state index is 12.3. The van der Waals surface area contributed by atoms with Crippen molar-refractivity contribution in [3.05, 3.63) is 83.6 Å². The number of hydrogen-bond acceptors (Lipinski definition) is 7. The highest BCUT2D eigenvalue weighted by Gasteiger charge is 2.19. The molecule has 0 aliphatic heterocycles. The van der Waals surface area contributed by atoms with Crippen LogP contribution in [0, 0.1) is 0 Å². The van der Waals surface area contributed by atoms with Gasteiger partial charge in [-0.2, -0.15) is 4.98 Å². The van der Waals surface area contributed by atoms with Crippen molar-refractivity contribution in [2.45, 2.75) is 17.2 Å². The number of carbonyl (C=O) groups is 1. The third-order valence-corrected chi connectivity index (χ3v) is 7.13. The molecular formula is C21H18N4O4S2. The van der Waals surface area contributed by atoms with Crippen LogP contribution in [0.25, 0.3) is 11.4 Å². The van der Waals surface area contributed by atoms with E-state index in [0.717, 1.165) is 11.3 Å². The van der Waals surface area contributed by atoms with Crippen molar-refractivity contribution in [2.75, 3.05) is 4.72 Å². The van der Waals surface area contributed by atoms with Gasteiger partial charge in [-0.25, -0.2) is 8.42 Å². The van der Waals surface area contributed by atoms with Gasteiger partial charge in [0.25, 0.3) is 15.9 Å². The lowest BCUT2D eigenvalue weighted by molar-refractivity contribution is 0.0932. The minimum Gasteiger partial charge on any atom is -0.341 e. The van der Waals surface area contributed by atoms with Crippen molar-refractivity contribution in [3.8, 4) is 11.4 Å². The molecular weight excluding hydrogens is 436 g/mol. The Kier molecular flexibility index (Phi) is 5.83. The normalized spacial score (nSPS) is 12.3. The topological polar surface area (TPSA) is 114 Å². The highest BCUT2D eigenvalue weighted by molar-refractivity contribution is 7.94. The summed E-state index contributed by atoms with van der Waals surface area (Å²) in [5, 5.41) is 8.48. The maximum atomic E-state index is 12.3. The van der Waals surface area contributed by atoms with Crippen molar-refractivity contribution < 1.29 is 17.7 Å². The number of anilines is 1. The van der Waals surface area contributed by atoms with E-state index in [2.05, 4.69) is 20.2 Å². The number of hydrogen-bond donors (Lipinski definition) is 2. The van der Waals surface area contributed by atoms with E-state index >= 15 is 0 Å². The molecule has 31 heavy (non-hydrogen) atoms. The second kappa shape index (κ2) is 8.70. The number of carbonyl (C=O) groups excluding carboxylic acids is 1. The molecule has 4 rings (SSSR count). The molecule has 0 unspecified atom stereocenters. The van der Waals surface area contributed by atoms with Gasteiger partial charge in [0.15, 0.2) is 0 Å². The second-order valence-corrected chi connectivity index (χ2v) is 9.49. The lowest BCUT2D eigenvalue weighted by Gasteiger charge is -2.09. The summed E-state index contributed by atoms with van der Waals surface area (Å²) in [5.74, 6) is 0.362. The molecule has 1 amide bonds. The molecule has 8 nitrogen and oxygen atoms in total. The van der Waals surface area contributed by atoms with Crippen molar-refractivity contribution >= 4 is 33.0 Å². The highest BCUT2D eigenvalue weighted by Crippen LogP contribution is 2.24. The number of nitrogens with one attached hydrogen (secondary N) is 2. The Balaban J connectivity index is 1.43. The molecule has 2 N–H and O–H groups in total. The zero-order valence-electron chi connectivity index (χ0n) is 16.3. The molecule has 0 aliphatic carbocycles. The first kappa shape index (κ1) is 20.8. The first-order valence-electron chi connectivity index (χ1n) is 9.29. The lowest BCUT2D eigenvalue weighted by Crippen LogP contribution is -2.26. The summed E-state index contributed by atoms with van der Waals surface area (Å²) < 4.78 is 32.7. The zero-order valence-corrected chi connectivity index (χ0v) is 18.0. The lowest BCUT2D eigenvalue weighted by atomic mass is 10.2. The van der Waals surface area contributed by atoms with Crippen LogP contribution in [-0.4, -0.2) is 24.5 Å². The Hall–Kier alpha value is -3.50. The van der Waals surface area contributed by atoms with E-state index in [1.165, 1.54) is 0 Å². The van der Waals surface area contributed by atoms with E-state index < -0.39 is 16.1 Å². The third kappa shape index (κ3) is 4.81. The number of rotatable bonds is 7. The molecule has 2 heterocycles. The van der Waals surface area contributed by atoms with Crippen LogP contribution >= 0.6 is 11.3 Å². The van der Waals surface area contributed by atoms with Gasteiger partial charge in [-0.3, -0.25) is 9.52 Å². The van der Waals surface area contributed by atoms with E-state index in [1.807, 2.05) is 6.07 Å². The Morgan fingerprint density at radius 3 is 2.45 bits per heavy atom. The van der Waals surface area contributed by atoms with Gasteiger partial charge in [0, 0.05) is 16.8 Å². The summed E-state index contributed by atoms with van der Waals surface area (Å²) in [6.07, 6.45) is 0. The molecule has 0 saturated carbocycles. The quantitative estimate of drug-likeness (QED) is 0.435. The summed E-state index contributed by atoms with van der Waals surface area (Å²) in [5.41, 5.74) is 1.61. The molecule has 0 saturated heterocycles. The number of amides is 1. The predicted molar refractivity (Wildman–Crippen MR) is 117 cm³/mol. The van der Waals surface area contributed by atoms with Crippen LogP contribution in [0.3, 0.4) is 0 Å². The van der Waals surface area contributed by atoms with Gasteiger partial charge >= 0.3 is 0 Å². The van der Waals surface area contributed by atoms with E-state index in [1.54, 1.807) is 73.0 Å². The average molecular weight is 455 g/mol. The summed E-state index contributed by atoms with van der Waals surface area (Å²) in [4.78, 5) is 16.6. The fraction of sp³-hybridized carbons (Fsp3) is 0.0952. The van der Waals surface area contributed by atoms with Crippen LogP contribution in [0.15, 0.2) is 80.8 Å². The SMILES string of the molecule is C[C@H](NC(=O)c1ccccc1)c1nc(-c2ccc(NS(=O)(=O)c3cccs3)cc2)no1. The minimum absolute atomic E-state index is 0.241. The van der Waals surface area contributed by atoms with E-state index in [9.17, 15) is 13.2 Å². The molecule has 2 aromatic carbocycles. The van der Waals surface area contributed by atoms with Gasteiger partial charge in [-0.05, 0) is 54.8 Å². The Morgan fingerprint density at radius 1 is 1.03 bits per heavy atom.